The maximum absolute atomic E-state index is 8.63. The number of hydrogen-bond donors (Lipinski definition) is 1. The minimum absolute atomic E-state index is 0.322. The molecule has 90 valence electrons. The van der Waals surface area contributed by atoms with Gasteiger partial charge in [-0.1, -0.05) is 60.7 Å². The molecule has 1 N–H and O–H groups in total. The van der Waals surface area contributed by atoms with Gasteiger partial charge in [0.1, 0.15) is 5.75 Å². The Hall–Kier alpha value is -2.28. The number of rotatable bonds is 0. The molecule has 0 heterocycles. The van der Waals surface area contributed by atoms with Gasteiger partial charge in [0.25, 0.3) is 0 Å². The van der Waals surface area contributed by atoms with Crippen LogP contribution in [-0.4, -0.2) is 5.11 Å². The average Bonchev–Trinajstić information content (AvgIpc) is 2.41. The van der Waals surface area contributed by atoms with E-state index in [0.29, 0.717) is 5.75 Å². The summed E-state index contributed by atoms with van der Waals surface area (Å²) in [6, 6.07) is 23.5. The topological polar surface area (TPSA) is 20.2 Å². The third kappa shape index (κ3) is 3.11. The smallest absolute Gasteiger partial charge is 0.115 e. The van der Waals surface area contributed by atoms with Crippen molar-refractivity contribution in [2.75, 3.05) is 0 Å². The van der Waals surface area contributed by atoms with Gasteiger partial charge in [-0.05, 0) is 35.4 Å². The molecule has 0 spiro atoms. The molecule has 0 amide bonds. The molecule has 0 aliphatic heterocycles. The van der Waals surface area contributed by atoms with Crippen molar-refractivity contribution in [3.8, 4) is 5.75 Å². The zero-order chi connectivity index (χ0) is 12.8. The van der Waals surface area contributed by atoms with Gasteiger partial charge in [-0.15, -0.1) is 0 Å². The minimum Gasteiger partial charge on any atom is -0.508 e. The normalized spacial score (nSPS) is 9.61. The van der Waals surface area contributed by atoms with Gasteiger partial charge in [0.05, 0.1) is 0 Å². The first-order valence-electron chi connectivity index (χ1n) is 5.96. The molecule has 0 fully saturated rings. The predicted octanol–water partition coefficient (Wildman–Crippen LogP) is 4.54. The quantitative estimate of drug-likeness (QED) is 0.607. The molecule has 0 bridgehead atoms. The van der Waals surface area contributed by atoms with Crippen LogP contribution >= 0.6 is 0 Å². The summed E-state index contributed by atoms with van der Waals surface area (Å²) in [5, 5.41) is 11.3. The number of phenolic OH excluding ortho intramolecular Hbond substituents is 1. The number of aromatic hydroxyl groups is 1. The van der Waals surface area contributed by atoms with Crippen LogP contribution in [0.3, 0.4) is 0 Å². The minimum atomic E-state index is 0.322. The van der Waals surface area contributed by atoms with Crippen LogP contribution in [0.25, 0.3) is 10.8 Å². The van der Waals surface area contributed by atoms with Crippen LogP contribution in [0, 0.1) is 6.92 Å². The molecule has 0 atom stereocenters. The highest BCUT2D eigenvalue weighted by atomic mass is 16.3. The van der Waals surface area contributed by atoms with Gasteiger partial charge in [0.2, 0.25) is 0 Å². The third-order valence-corrected chi connectivity index (χ3v) is 2.76. The van der Waals surface area contributed by atoms with Crippen molar-refractivity contribution in [3.63, 3.8) is 0 Å². The first kappa shape index (κ1) is 12.2. The van der Waals surface area contributed by atoms with E-state index in [1.54, 1.807) is 24.3 Å². The van der Waals surface area contributed by atoms with E-state index in [0.717, 1.165) is 0 Å². The lowest BCUT2D eigenvalue weighted by Gasteiger charge is -1.98. The van der Waals surface area contributed by atoms with E-state index in [1.165, 1.54) is 16.3 Å². The highest BCUT2D eigenvalue weighted by molar-refractivity contribution is 5.85. The fraction of sp³-hybridized carbons (Fsp3) is 0.0588. The van der Waals surface area contributed by atoms with Crippen LogP contribution in [0.15, 0.2) is 72.8 Å². The Bertz CT molecular complexity index is 609. The Labute approximate surface area is 107 Å². The van der Waals surface area contributed by atoms with Crippen molar-refractivity contribution in [3.05, 3.63) is 78.4 Å². The summed E-state index contributed by atoms with van der Waals surface area (Å²) < 4.78 is 0. The number of hydrogen-bond acceptors (Lipinski definition) is 1. The van der Waals surface area contributed by atoms with Crippen LogP contribution in [0.1, 0.15) is 5.56 Å². The van der Waals surface area contributed by atoms with Gasteiger partial charge in [0, 0.05) is 0 Å². The zero-order valence-corrected chi connectivity index (χ0v) is 10.4. The van der Waals surface area contributed by atoms with Crippen LogP contribution in [0.2, 0.25) is 0 Å². The number of phenols is 1. The van der Waals surface area contributed by atoms with E-state index in [9.17, 15) is 0 Å². The number of fused-ring (bicyclic) bond motifs is 1. The molecule has 0 unspecified atom stereocenters. The summed E-state index contributed by atoms with van der Waals surface area (Å²) in [6.07, 6.45) is 0. The van der Waals surface area contributed by atoms with Crippen LogP contribution in [0.5, 0.6) is 5.75 Å². The molecular formula is C17H16O. The number of para-hydroxylation sites is 1. The molecule has 3 aromatic rings. The molecule has 1 nitrogen and oxygen atoms in total. The molecule has 0 aromatic heterocycles. The maximum Gasteiger partial charge on any atom is 0.115 e. The standard InChI is InChI=1S/C11H10.C6H6O/c1-9-5-4-7-10-6-2-3-8-11(9)10;7-6-4-2-1-3-5-6/h2-8H,1H3;1-5,7H. The molecule has 0 saturated carbocycles. The van der Waals surface area contributed by atoms with Gasteiger partial charge >= 0.3 is 0 Å². The monoisotopic (exact) mass is 236 g/mol. The second kappa shape index (κ2) is 5.87. The highest BCUT2D eigenvalue weighted by Crippen LogP contribution is 2.16. The van der Waals surface area contributed by atoms with Crippen molar-refractivity contribution in [1.29, 1.82) is 0 Å². The van der Waals surface area contributed by atoms with E-state index in [4.69, 9.17) is 5.11 Å². The summed E-state index contributed by atoms with van der Waals surface area (Å²) in [4.78, 5) is 0. The number of benzene rings is 3. The van der Waals surface area contributed by atoms with Crippen molar-refractivity contribution in [1.82, 2.24) is 0 Å². The zero-order valence-electron chi connectivity index (χ0n) is 10.4. The molecule has 3 rings (SSSR count). The van der Waals surface area contributed by atoms with E-state index < -0.39 is 0 Å². The SMILES string of the molecule is Cc1cccc2ccccc12.Oc1ccccc1. The van der Waals surface area contributed by atoms with Gasteiger partial charge in [-0.3, -0.25) is 0 Å². The van der Waals surface area contributed by atoms with Crippen molar-refractivity contribution in [2.24, 2.45) is 0 Å². The molecule has 1 heteroatoms. The molecule has 0 radical (unpaired) electrons. The summed E-state index contributed by atoms with van der Waals surface area (Å²) in [5.41, 5.74) is 1.35. The van der Waals surface area contributed by atoms with Crippen molar-refractivity contribution < 1.29 is 5.11 Å². The van der Waals surface area contributed by atoms with E-state index in [1.807, 2.05) is 6.07 Å². The molecule has 0 aliphatic carbocycles. The van der Waals surface area contributed by atoms with Crippen molar-refractivity contribution in [2.45, 2.75) is 6.92 Å². The lowest BCUT2D eigenvalue weighted by molar-refractivity contribution is 0.475. The predicted molar refractivity (Wildman–Crippen MR) is 76.8 cm³/mol. The van der Waals surface area contributed by atoms with Gasteiger partial charge < -0.3 is 5.11 Å². The Morgan fingerprint density at radius 1 is 0.667 bits per heavy atom. The van der Waals surface area contributed by atoms with Gasteiger partial charge in [-0.25, -0.2) is 0 Å². The lowest BCUT2D eigenvalue weighted by atomic mass is 10.1. The van der Waals surface area contributed by atoms with Crippen LogP contribution in [-0.2, 0) is 0 Å². The largest absolute Gasteiger partial charge is 0.508 e. The third-order valence-electron chi connectivity index (χ3n) is 2.76. The Morgan fingerprint density at radius 3 is 1.89 bits per heavy atom. The summed E-state index contributed by atoms with van der Waals surface area (Å²) in [6.45, 7) is 2.14. The lowest BCUT2D eigenvalue weighted by Crippen LogP contribution is -1.75. The van der Waals surface area contributed by atoms with Crippen LogP contribution in [0.4, 0.5) is 0 Å². The van der Waals surface area contributed by atoms with E-state index in [2.05, 4.69) is 49.4 Å². The summed E-state index contributed by atoms with van der Waals surface area (Å²) in [5.74, 6) is 0.322. The molecule has 0 saturated heterocycles. The van der Waals surface area contributed by atoms with Crippen molar-refractivity contribution >= 4 is 10.8 Å². The Balaban J connectivity index is 0.000000149. The van der Waals surface area contributed by atoms with E-state index in [-0.39, 0.29) is 0 Å². The fourth-order valence-electron chi connectivity index (χ4n) is 1.82. The highest BCUT2D eigenvalue weighted by Gasteiger charge is 1.92. The number of aryl methyl sites for hydroxylation is 1. The molecule has 18 heavy (non-hydrogen) atoms. The molecular weight excluding hydrogens is 220 g/mol. The second-order valence-electron chi connectivity index (χ2n) is 4.13. The molecule has 3 aromatic carbocycles. The van der Waals surface area contributed by atoms with E-state index >= 15 is 0 Å². The fourth-order valence-corrected chi connectivity index (χ4v) is 1.82. The van der Waals surface area contributed by atoms with Crippen LogP contribution < -0.4 is 0 Å². The first-order chi connectivity index (χ1) is 8.77. The second-order valence-corrected chi connectivity index (χ2v) is 4.13. The Morgan fingerprint density at radius 2 is 1.28 bits per heavy atom. The Kier molecular flexibility index (Phi) is 3.98. The average molecular weight is 236 g/mol. The molecule has 0 aliphatic rings. The summed E-state index contributed by atoms with van der Waals surface area (Å²) >= 11 is 0. The van der Waals surface area contributed by atoms with Gasteiger partial charge in [0.15, 0.2) is 0 Å². The maximum atomic E-state index is 8.63. The van der Waals surface area contributed by atoms with Gasteiger partial charge in [-0.2, -0.15) is 0 Å². The first-order valence-corrected chi connectivity index (χ1v) is 5.96. The summed E-state index contributed by atoms with van der Waals surface area (Å²) in [7, 11) is 0.